The Morgan fingerprint density at radius 3 is 2.74 bits per heavy atom. The van der Waals surface area contributed by atoms with Crippen LogP contribution in [0, 0.1) is 17.2 Å². The maximum absolute atomic E-state index is 10.2. The van der Waals surface area contributed by atoms with Gasteiger partial charge in [0.15, 0.2) is 6.29 Å². The van der Waals surface area contributed by atoms with E-state index in [0.717, 1.165) is 19.3 Å². The number of phenolic OH excluding ortho intramolecular Hbond substituents is 1. The zero-order valence-corrected chi connectivity index (χ0v) is 16.5. The quantitative estimate of drug-likeness (QED) is 0.661. The van der Waals surface area contributed by atoms with Gasteiger partial charge in [-0.05, 0) is 57.7 Å². The number of phenols is 1. The second-order valence-corrected chi connectivity index (χ2v) is 8.52. The Morgan fingerprint density at radius 2 is 2.07 bits per heavy atom. The van der Waals surface area contributed by atoms with E-state index in [9.17, 15) is 10.2 Å². The summed E-state index contributed by atoms with van der Waals surface area (Å²) in [7, 11) is 0. The summed E-state index contributed by atoms with van der Waals surface area (Å²) in [5, 5.41) is 32.2. The van der Waals surface area contributed by atoms with Gasteiger partial charge in [0.05, 0.1) is 29.4 Å². The van der Waals surface area contributed by atoms with Crippen LogP contribution >= 0.6 is 0 Å². The summed E-state index contributed by atoms with van der Waals surface area (Å²) in [4.78, 5) is 0. The Balaban J connectivity index is 1.72. The van der Waals surface area contributed by atoms with E-state index < -0.39 is 6.29 Å². The molecule has 6 nitrogen and oxygen atoms in total. The van der Waals surface area contributed by atoms with E-state index in [1.165, 1.54) is 6.07 Å². The monoisotopic (exact) mass is 374 g/mol. The molecule has 1 aromatic carbocycles. The van der Waals surface area contributed by atoms with Crippen LogP contribution in [0.2, 0.25) is 0 Å². The first kappa shape index (κ1) is 20.1. The number of aliphatic hydroxyl groups is 1. The van der Waals surface area contributed by atoms with E-state index in [4.69, 9.17) is 14.7 Å². The van der Waals surface area contributed by atoms with Crippen molar-refractivity contribution in [2.75, 3.05) is 6.61 Å². The van der Waals surface area contributed by atoms with Crippen LogP contribution in [0.5, 0.6) is 5.75 Å². The highest BCUT2D eigenvalue weighted by molar-refractivity contribution is 5.42. The van der Waals surface area contributed by atoms with Crippen molar-refractivity contribution in [3.8, 4) is 11.8 Å². The lowest BCUT2D eigenvalue weighted by molar-refractivity contribution is -0.254. The van der Waals surface area contributed by atoms with Crippen LogP contribution in [0.4, 0.5) is 0 Å². The van der Waals surface area contributed by atoms with Crippen molar-refractivity contribution in [2.24, 2.45) is 5.92 Å². The number of ether oxygens (including phenoxy) is 2. The predicted octanol–water partition coefficient (Wildman–Crippen LogP) is 2.99. The molecule has 2 fully saturated rings. The fourth-order valence-corrected chi connectivity index (χ4v) is 4.36. The minimum absolute atomic E-state index is 0.00913. The highest BCUT2D eigenvalue weighted by Crippen LogP contribution is 2.47. The van der Waals surface area contributed by atoms with Crippen molar-refractivity contribution in [3.63, 3.8) is 0 Å². The SMILES string of the molecule is CC1CC(C(C)CC2(C)NC2(C)CCO)OC(c2cc(C#N)ccc2O)O1. The van der Waals surface area contributed by atoms with Crippen LogP contribution in [-0.2, 0) is 9.47 Å². The smallest absolute Gasteiger partial charge is 0.188 e. The van der Waals surface area contributed by atoms with Crippen LogP contribution in [0.15, 0.2) is 18.2 Å². The molecule has 0 bridgehead atoms. The molecule has 0 spiro atoms. The molecular weight excluding hydrogens is 344 g/mol. The number of aliphatic hydroxyl groups excluding tert-OH is 1. The van der Waals surface area contributed by atoms with Gasteiger partial charge >= 0.3 is 0 Å². The number of nitrogens with zero attached hydrogens (tertiary/aromatic N) is 1. The number of hydrogen-bond donors (Lipinski definition) is 3. The summed E-state index contributed by atoms with van der Waals surface area (Å²) in [5.74, 6) is 0.351. The molecular formula is C21H30N2O4. The highest BCUT2D eigenvalue weighted by Gasteiger charge is 2.60. The van der Waals surface area contributed by atoms with Gasteiger partial charge in [0, 0.05) is 24.1 Å². The van der Waals surface area contributed by atoms with E-state index >= 15 is 0 Å². The summed E-state index contributed by atoms with van der Waals surface area (Å²) in [6, 6.07) is 6.80. The lowest BCUT2D eigenvalue weighted by atomic mass is 9.82. The molecule has 0 radical (unpaired) electrons. The van der Waals surface area contributed by atoms with Crippen LogP contribution < -0.4 is 5.32 Å². The minimum atomic E-state index is -0.682. The topological polar surface area (TPSA) is 105 Å². The lowest BCUT2D eigenvalue weighted by Gasteiger charge is -2.38. The zero-order chi connectivity index (χ0) is 19.8. The fraction of sp³-hybridized carbons (Fsp3) is 0.667. The molecule has 6 unspecified atom stereocenters. The van der Waals surface area contributed by atoms with Gasteiger partial charge in [-0.3, -0.25) is 0 Å². The van der Waals surface area contributed by atoms with Gasteiger partial charge in [0.25, 0.3) is 0 Å². The molecule has 0 saturated carbocycles. The molecule has 3 rings (SSSR count). The second-order valence-electron chi connectivity index (χ2n) is 8.52. The summed E-state index contributed by atoms with van der Waals surface area (Å²) in [5.41, 5.74) is 0.912. The number of nitriles is 1. The molecule has 3 N–H and O–H groups in total. The molecule has 2 aliphatic heterocycles. The maximum atomic E-state index is 10.2. The molecule has 0 aliphatic carbocycles. The van der Waals surface area contributed by atoms with Crippen molar-refractivity contribution in [3.05, 3.63) is 29.3 Å². The highest BCUT2D eigenvalue weighted by atomic mass is 16.7. The molecule has 2 saturated heterocycles. The van der Waals surface area contributed by atoms with E-state index in [1.807, 2.05) is 6.92 Å². The van der Waals surface area contributed by atoms with Crippen LogP contribution in [0.25, 0.3) is 0 Å². The van der Waals surface area contributed by atoms with Gasteiger partial charge in [-0.15, -0.1) is 0 Å². The van der Waals surface area contributed by atoms with Crippen molar-refractivity contribution in [1.29, 1.82) is 5.26 Å². The Labute approximate surface area is 161 Å². The molecule has 148 valence electrons. The second kappa shape index (κ2) is 7.40. The van der Waals surface area contributed by atoms with E-state index in [1.54, 1.807) is 12.1 Å². The fourth-order valence-electron chi connectivity index (χ4n) is 4.36. The summed E-state index contributed by atoms with van der Waals surface area (Å²) < 4.78 is 12.1. The van der Waals surface area contributed by atoms with E-state index in [2.05, 4.69) is 32.2 Å². The normalized spacial score (nSPS) is 36.8. The average Bonchev–Trinajstić information content (AvgIpc) is 3.14. The summed E-state index contributed by atoms with van der Waals surface area (Å²) in [6.45, 7) is 8.71. The largest absolute Gasteiger partial charge is 0.507 e. The van der Waals surface area contributed by atoms with Crippen molar-refractivity contribution >= 4 is 0 Å². The third-order valence-corrected chi connectivity index (χ3v) is 6.31. The molecule has 0 aromatic heterocycles. The number of aromatic hydroxyl groups is 1. The molecule has 6 atom stereocenters. The van der Waals surface area contributed by atoms with E-state index in [0.29, 0.717) is 11.1 Å². The van der Waals surface area contributed by atoms with Crippen LogP contribution in [-0.4, -0.2) is 40.1 Å². The molecule has 2 heterocycles. The number of nitrogens with one attached hydrogen (secondary N) is 1. The number of benzene rings is 1. The minimum Gasteiger partial charge on any atom is -0.507 e. The molecule has 1 aromatic rings. The Hall–Kier alpha value is -1.65. The molecule has 27 heavy (non-hydrogen) atoms. The first-order valence-corrected chi connectivity index (χ1v) is 9.65. The van der Waals surface area contributed by atoms with Gasteiger partial charge in [-0.2, -0.15) is 5.26 Å². The van der Waals surface area contributed by atoms with Crippen LogP contribution in [0.3, 0.4) is 0 Å². The molecule has 0 amide bonds. The average molecular weight is 374 g/mol. The number of hydrogen-bond acceptors (Lipinski definition) is 6. The van der Waals surface area contributed by atoms with Crippen molar-refractivity contribution < 1.29 is 19.7 Å². The van der Waals surface area contributed by atoms with Gasteiger partial charge in [0.2, 0.25) is 0 Å². The van der Waals surface area contributed by atoms with E-state index in [-0.39, 0.29) is 41.6 Å². The van der Waals surface area contributed by atoms with Crippen LogP contribution in [0.1, 0.15) is 64.4 Å². The first-order chi connectivity index (χ1) is 12.7. The van der Waals surface area contributed by atoms with Gasteiger partial charge in [-0.25, -0.2) is 0 Å². The van der Waals surface area contributed by atoms with Crippen molar-refractivity contribution in [2.45, 2.75) is 76.5 Å². The molecule has 6 heteroatoms. The Bertz CT molecular complexity index is 733. The maximum Gasteiger partial charge on any atom is 0.188 e. The first-order valence-electron chi connectivity index (χ1n) is 9.65. The van der Waals surface area contributed by atoms with Crippen molar-refractivity contribution in [1.82, 2.24) is 5.32 Å². The number of rotatable bonds is 6. The summed E-state index contributed by atoms with van der Waals surface area (Å²) in [6.07, 6.45) is 1.74. The Morgan fingerprint density at radius 1 is 1.33 bits per heavy atom. The zero-order valence-electron chi connectivity index (χ0n) is 16.5. The standard InChI is InChI=1S/C21H30N2O4/c1-13(11-21(4)20(3,23-21)7-8-24)18-9-14(2)26-19(27-18)16-10-15(12-22)5-6-17(16)25/h5-6,10,13-14,18-19,23-25H,7-9,11H2,1-4H3. The molecule has 2 aliphatic rings. The third-order valence-electron chi connectivity index (χ3n) is 6.31. The van der Waals surface area contributed by atoms with Gasteiger partial charge in [0.1, 0.15) is 5.75 Å². The van der Waals surface area contributed by atoms with Gasteiger partial charge in [-0.1, -0.05) is 6.92 Å². The summed E-state index contributed by atoms with van der Waals surface area (Å²) >= 11 is 0. The lowest BCUT2D eigenvalue weighted by Crippen LogP contribution is -2.38. The third kappa shape index (κ3) is 3.97. The van der Waals surface area contributed by atoms with Gasteiger partial charge < -0.3 is 25.0 Å². The Kier molecular flexibility index (Phi) is 5.51. The predicted molar refractivity (Wildman–Crippen MR) is 101 cm³/mol.